The molecular weight excluding hydrogens is 580 g/mol. The summed E-state index contributed by atoms with van der Waals surface area (Å²) in [4.78, 5) is 15.1. The summed E-state index contributed by atoms with van der Waals surface area (Å²) in [6.45, 7) is 6.40. The quantitative estimate of drug-likeness (QED) is 0.370. The van der Waals surface area contributed by atoms with Crippen molar-refractivity contribution in [2.75, 3.05) is 31.5 Å². The predicted molar refractivity (Wildman–Crippen MR) is 149 cm³/mol. The monoisotopic (exact) mass is 612 g/mol. The smallest absolute Gasteiger partial charge is 0.271 e. The van der Waals surface area contributed by atoms with E-state index in [9.17, 15) is 26.7 Å². The average molecular weight is 613 g/mol. The second-order valence-electron chi connectivity index (χ2n) is 9.81. The van der Waals surface area contributed by atoms with Gasteiger partial charge in [-0.3, -0.25) is 9.52 Å². The second kappa shape index (κ2) is 11.5. The van der Waals surface area contributed by atoms with Crippen molar-refractivity contribution in [3.8, 4) is 5.75 Å². The number of hydrogen-bond acceptors (Lipinski definition) is 10. The second-order valence-corrected chi connectivity index (χ2v) is 14.6. The Labute approximate surface area is 237 Å². The maximum atomic E-state index is 13.6. The lowest BCUT2D eigenvalue weighted by atomic mass is 9.99. The van der Waals surface area contributed by atoms with E-state index in [1.54, 1.807) is 25.3 Å². The number of fused-ring (bicyclic) bond motifs is 1. The summed E-state index contributed by atoms with van der Waals surface area (Å²) in [6, 6.07) is 6.88. The number of ether oxygens (including phenoxy) is 1. The third-order valence-electron chi connectivity index (χ3n) is 6.75. The van der Waals surface area contributed by atoms with Gasteiger partial charge in [0, 0.05) is 25.2 Å². The number of rotatable bonds is 9. The zero-order valence-corrected chi connectivity index (χ0v) is 25.1. The van der Waals surface area contributed by atoms with Gasteiger partial charge in [-0.2, -0.15) is 4.31 Å². The minimum Gasteiger partial charge on any atom is -0.488 e. The van der Waals surface area contributed by atoms with Crippen LogP contribution in [0.1, 0.15) is 35.7 Å². The molecule has 4 rings (SSSR count). The Morgan fingerprint density at radius 1 is 1.25 bits per heavy atom. The number of aliphatic hydroxyl groups excluding tert-OH is 1. The van der Waals surface area contributed by atoms with E-state index in [4.69, 9.17) is 9.26 Å². The summed E-state index contributed by atoms with van der Waals surface area (Å²) < 4.78 is 67.4. The lowest BCUT2D eigenvalue weighted by Crippen LogP contribution is -2.50. The van der Waals surface area contributed by atoms with Crippen LogP contribution in [-0.4, -0.2) is 81.1 Å². The number of aliphatic hydroxyl groups is 1. The topological polar surface area (TPSA) is 159 Å². The molecule has 3 atom stereocenters. The molecule has 40 heavy (non-hydrogen) atoms. The molecule has 1 aliphatic rings. The van der Waals surface area contributed by atoms with Crippen molar-refractivity contribution >= 4 is 43.0 Å². The fourth-order valence-corrected chi connectivity index (χ4v) is 7.98. The number of carbonyl (C=O) groups excluding carboxylic acids is 1. The van der Waals surface area contributed by atoms with Crippen molar-refractivity contribution in [1.82, 2.24) is 14.4 Å². The summed E-state index contributed by atoms with van der Waals surface area (Å²) in [5.41, 5.74) is 0.483. The van der Waals surface area contributed by atoms with Gasteiger partial charge in [-0.05, 0) is 50.4 Å². The van der Waals surface area contributed by atoms with Gasteiger partial charge < -0.3 is 19.3 Å². The third kappa shape index (κ3) is 5.88. The van der Waals surface area contributed by atoms with Gasteiger partial charge >= 0.3 is 0 Å². The van der Waals surface area contributed by atoms with E-state index in [1.807, 2.05) is 6.92 Å². The lowest BCUT2D eigenvalue weighted by molar-refractivity contribution is 0.0387. The Hall–Kier alpha value is -2.98. The Morgan fingerprint density at radius 3 is 2.58 bits per heavy atom. The number of nitrogens with one attached hydrogen (secondary N) is 1. The van der Waals surface area contributed by atoms with Crippen LogP contribution in [0.15, 0.2) is 49.3 Å². The zero-order chi connectivity index (χ0) is 29.4. The van der Waals surface area contributed by atoms with E-state index in [-0.39, 0.29) is 63.2 Å². The predicted octanol–water partition coefficient (Wildman–Crippen LogP) is 2.69. The number of anilines is 1. The van der Waals surface area contributed by atoms with Gasteiger partial charge in [0.2, 0.25) is 10.0 Å². The number of aromatic nitrogens is 1. The molecule has 1 aliphatic heterocycles. The van der Waals surface area contributed by atoms with Crippen molar-refractivity contribution in [3.63, 3.8) is 0 Å². The molecule has 15 heteroatoms. The largest absolute Gasteiger partial charge is 0.488 e. The van der Waals surface area contributed by atoms with E-state index < -0.39 is 38.1 Å². The molecule has 3 heterocycles. The van der Waals surface area contributed by atoms with Crippen molar-refractivity contribution in [2.24, 2.45) is 5.92 Å². The van der Waals surface area contributed by atoms with Crippen LogP contribution < -0.4 is 9.46 Å². The standard InChI is InChI=1S/C25H32N4O8S3/c1-15-12-29(16(2)14-30)25(31)20-11-19(27-39(32,33)23-7-6-10-38-23)8-9-21(20)36-22(15)13-28(5)40(34,35)24-17(3)26-37-18(24)4/h6-11,15-16,22,27,30H,12-14H2,1-5H3/t15-,16+,22-/m1/s1. The molecule has 0 saturated carbocycles. The van der Waals surface area contributed by atoms with Gasteiger partial charge in [0.1, 0.15) is 26.7 Å². The molecule has 0 bridgehead atoms. The summed E-state index contributed by atoms with van der Waals surface area (Å²) >= 11 is 1.06. The third-order valence-corrected chi connectivity index (χ3v) is 11.6. The van der Waals surface area contributed by atoms with Gasteiger partial charge in [0.05, 0.1) is 24.8 Å². The Morgan fingerprint density at radius 2 is 1.98 bits per heavy atom. The summed E-state index contributed by atoms with van der Waals surface area (Å²) in [7, 11) is -6.41. The van der Waals surface area contributed by atoms with Gasteiger partial charge in [0.25, 0.3) is 15.9 Å². The SMILES string of the molecule is Cc1noc(C)c1S(=O)(=O)N(C)C[C@H]1Oc2ccc(NS(=O)(=O)c3cccs3)cc2C(=O)N([C@@H](C)CO)C[C@H]1C. The van der Waals surface area contributed by atoms with E-state index >= 15 is 0 Å². The number of thiophene rings is 1. The number of benzene rings is 1. The summed E-state index contributed by atoms with van der Waals surface area (Å²) in [5, 5.41) is 15.3. The Kier molecular flexibility index (Phi) is 8.61. The molecule has 0 aliphatic carbocycles. The van der Waals surface area contributed by atoms with Gasteiger partial charge in [-0.15, -0.1) is 11.3 Å². The molecule has 0 saturated heterocycles. The fourth-order valence-electron chi connectivity index (χ4n) is 4.48. The zero-order valence-electron chi connectivity index (χ0n) is 22.7. The first-order valence-electron chi connectivity index (χ1n) is 12.4. The Balaban J connectivity index is 1.70. The minimum atomic E-state index is -3.97. The van der Waals surface area contributed by atoms with Crippen LogP contribution in [0.5, 0.6) is 5.75 Å². The molecule has 2 N–H and O–H groups in total. The van der Waals surface area contributed by atoms with Gasteiger partial charge in [-0.25, -0.2) is 16.8 Å². The maximum absolute atomic E-state index is 13.6. The van der Waals surface area contributed by atoms with Crippen LogP contribution in [0.25, 0.3) is 0 Å². The number of likely N-dealkylation sites (N-methyl/N-ethyl adjacent to an activating group) is 1. The van der Waals surface area contributed by atoms with Crippen LogP contribution in [0.4, 0.5) is 5.69 Å². The molecule has 12 nitrogen and oxygen atoms in total. The minimum absolute atomic E-state index is 0.0118. The molecule has 1 amide bonds. The first kappa shape index (κ1) is 30.0. The maximum Gasteiger partial charge on any atom is 0.271 e. The normalized spacial score (nSPS) is 19.1. The molecule has 2 aromatic heterocycles. The van der Waals surface area contributed by atoms with E-state index in [2.05, 4.69) is 9.88 Å². The van der Waals surface area contributed by atoms with Gasteiger partial charge in [0.15, 0.2) is 5.76 Å². The van der Waals surface area contributed by atoms with Crippen LogP contribution >= 0.6 is 11.3 Å². The first-order valence-corrected chi connectivity index (χ1v) is 16.2. The number of hydrogen-bond donors (Lipinski definition) is 2. The van der Waals surface area contributed by atoms with Crippen LogP contribution in [0.2, 0.25) is 0 Å². The number of aryl methyl sites for hydroxylation is 2. The molecule has 0 spiro atoms. The highest BCUT2D eigenvalue weighted by Gasteiger charge is 2.37. The molecule has 0 radical (unpaired) electrons. The summed E-state index contributed by atoms with van der Waals surface area (Å²) in [5.74, 6) is -0.451. The van der Waals surface area contributed by atoms with Crippen molar-refractivity contribution in [1.29, 1.82) is 0 Å². The highest BCUT2D eigenvalue weighted by atomic mass is 32.2. The molecule has 0 fully saturated rings. The number of amides is 1. The van der Waals surface area contributed by atoms with Crippen LogP contribution in [0.3, 0.4) is 0 Å². The lowest BCUT2D eigenvalue weighted by Gasteiger charge is -2.38. The van der Waals surface area contributed by atoms with Crippen LogP contribution in [0, 0.1) is 19.8 Å². The van der Waals surface area contributed by atoms with Crippen LogP contribution in [-0.2, 0) is 20.0 Å². The van der Waals surface area contributed by atoms with Crippen molar-refractivity contribution < 1.29 is 36.0 Å². The van der Waals surface area contributed by atoms with E-state index in [0.29, 0.717) is 0 Å². The highest BCUT2D eigenvalue weighted by Crippen LogP contribution is 2.32. The Bertz CT molecular complexity index is 1570. The molecule has 1 aromatic carbocycles. The number of nitrogens with zero attached hydrogens (tertiary/aromatic N) is 3. The molecule has 3 aromatic rings. The highest BCUT2D eigenvalue weighted by molar-refractivity contribution is 7.94. The van der Waals surface area contributed by atoms with E-state index in [0.717, 1.165) is 15.6 Å². The fraction of sp³-hybridized carbons (Fsp3) is 0.440. The van der Waals surface area contributed by atoms with E-state index in [1.165, 1.54) is 43.1 Å². The summed E-state index contributed by atoms with van der Waals surface area (Å²) in [6.07, 6.45) is -0.700. The molecule has 0 unspecified atom stereocenters. The number of sulfonamides is 2. The van der Waals surface area contributed by atoms with Crippen molar-refractivity contribution in [3.05, 3.63) is 52.7 Å². The van der Waals surface area contributed by atoms with Gasteiger partial charge in [-0.1, -0.05) is 18.1 Å². The molecule has 218 valence electrons. The molecular formula is C25H32N4O8S3. The average Bonchev–Trinajstić information content (AvgIpc) is 3.56. The number of carbonyl (C=O) groups is 1. The first-order chi connectivity index (χ1) is 18.8. The van der Waals surface area contributed by atoms with Crippen molar-refractivity contribution in [2.45, 2.75) is 48.9 Å².